The monoisotopic (exact) mass is 526 g/mol. The van der Waals surface area contributed by atoms with Crippen molar-refractivity contribution in [2.24, 2.45) is 4.99 Å². The molecule has 4 aromatic rings. The van der Waals surface area contributed by atoms with E-state index in [0.717, 1.165) is 5.52 Å². The number of benzene rings is 3. The van der Waals surface area contributed by atoms with Crippen molar-refractivity contribution in [3.05, 3.63) is 93.5 Å². The fraction of sp³-hybridized carbons (Fsp3) is 0.120. The zero-order chi connectivity index (χ0) is 25.7. The van der Waals surface area contributed by atoms with Crippen molar-refractivity contribution in [2.75, 3.05) is 19.0 Å². The second kappa shape index (κ2) is 11.2. The Labute approximate surface area is 216 Å². The first-order valence-corrected chi connectivity index (χ1v) is 11.5. The van der Waals surface area contributed by atoms with E-state index >= 15 is 0 Å². The van der Waals surface area contributed by atoms with Gasteiger partial charge in [0.05, 0.1) is 41.0 Å². The second-order valence-corrected chi connectivity index (χ2v) is 8.55. The predicted octanol–water partition coefficient (Wildman–Crippen LogP) is 5.59. The van der Waals surface area contributed by atoms with Gasteiger partial charge in [0.2, 0.25) is 0 Å². The average Bonchev–Trinajstić information content (AvgIpc) is 3.26. The molecule has 184 valence electrons. The molecule has 11 heteroatoms. The van der Waals surface area contributed by atoms with Gasteiger partial charge in [-0.15, -0.1) is 0 Å². The molecule has 0 radical (unpaired) electrons. The third kappa shape index (κ3) is 5.99. The molecule has 1 heterocycles. The van der Waals surface area contributed by atoms with Crippen LogP contribution >= 0.6 is 23.2 Å². The van der Waals surface area contributed by atoms with Gasteiger partial charge in [-0.2, -0.15) is 4.99 Å². The quantitative estimate of drug-likeness (QED) is 0.185. The Kier molecular flexibility index (Phi) is 7.82. The van der Waals surface area contributed by atoms with Gasteiger partial charge in [0.25, 0.3) is 5.91 Å². The number of aliphatic imine (C=N–C) groups is 1. The average molecular weight is 527 g/mol. The number of nitrogens with one attached hydrogen (secondary N) is 4. The molecule has 0 spiro atoms. The van der Waals surface area contributed by atoms with Crippen LogP contribution in [-0.4, -0.2) is 41.9 Å². The molecule has 1 unspecified atom stereocenters. The van der Waals surface area contributed by atoms with E-state index in [9.17, 15) is 9.18 Å². The maximum absolute atomic E-state index is 14.0. The molecule has 0 aliphatic carbocycles. The molecule has 4 N–H and O–H groups in total. The number of carbonyl (C=O) groups excluding carboxylic acids is 1. The van der Waals surface area contributed by atoms with Crippen LogP contribution < -0.4 is 10.6 Å². The first kappa shape index (κ1) is 25.2. The summed E-state index contributed by atoms with van der Waals surface area (Å²) in [5, 5.41) is 13.8. The number of hydrogen-bond donors (Lipinski definition) is 4. The Morgan fingerprint density at radius 2 is 2.06 bits per heavy atom. The summed E-state index contributed by atoms with van der Waals surface area (Å²) in [7, 11) is 1.34. The molecule has 0 bridgehead atoms. The minimum atomic E-state index is -0.456. The Hall–Kier alpha value is -3.95. The van der Waals surface area contributed by atoms with Gasteiger partial charge in [-0.25, -0.2) is 14.8 Å². The molecule has 0 aliphatic rings. The van der Waals surface area contributed by atoms with Crippen molar-refractivity contribution >= 4 is 58.2 Å². The van der Waals surface area contributed by atoms with Crippen LogP contribution in [0.1, 0.15) is 27.7 Å². The van der Waals surface area contributed by atoms with Gasteiger partial charge in [-0.3, -0.25) is 4.79 Å². The highest BCUT2D eigenvalue weighted by Gasteiger charge is 2.21. The number of amidine groups is 1. The number of methoxy groups -OCH3 is 1. The van der Waals surface area contributed by atoms with E-state index in [1.807, 2.05) is 0 Å². The van der Waals surface area contributed by atoms with Crippen LogP contribution in [0.4, 0.5) is 10.1 Å². The summed E-state index contributed by atoms with van der Waals surface area (Å²) in [6.07, 6.45) is 1.28. The van der Waals surface area contributed by atoms with Crippen molar-refractivity contribution in [3.8, 4) is 0 Å². The molecule has 8 nitrogen and oxygen atoms in total. The minimum absolute atomic E-state index is 0.137. The van der Waals surface area contributed by atoms with E-state index in [1.165, 1.54) is 25.6 Å². The molecule has 3 aromatic carbocycles. The van der Waals surface area contributed by atoms with E-state index in [-0.39, 0.29) is 23.2 Å². The van der Waals surface area contributed by atoms with Crippen LogP contribution in [0.25, 0.3) is 11.0 Å². The fourth-order valence-electron chi connectivity index (χ4n) is 3.56. The Morgan fingerprint density at radius 1 is 1.22 bits per heavy atom. The summed E-state index contributed by atoms with van der Waals surface area (Å²) >= 11 is 12.4. The van der Waals surface area contributed by atoms with Gasteiger partial charge in [0.15, 0.2) is 0 Å². The molecule has 0 saturated heterocycles. The van der Waals surface area contributed by atoms with E-state index in [0.29, 0.717) is 27.6 Å². The number of aromatic nitrogens is 2. The Bertz CT molecular complexity index is 1460. The van der Waals surface area contributed by atoms with Crippen LogP contribution in [0, 0.1) is 11.2 Å². The van der Waals surface area contributed by atoms with Crippen molar-refractivity contribution in [1.82, 2.24) is 15.3 Å². The summed E-state index contributed by atoms with van der Waals surface area (Å²) in [6.45, 7) is 0.137. The van der Waals surface area contributed by atoms with Crippen molar-refractivity contribution in [1.29, 1.82) is 5.41 Å². The van der Waals surface area contributed by atoms with Gasteiger partial charge in [-0.05, 0) is 54.1 Å². The number of ether oxygens (including phenoxy) is 1. The van der Waals surface area contributed by atoms with Gasteiger partial charge in [-0.1, -0.05) is 35.3 Å². The number of nitrogens with zero attached hydrogens (tertiary/aromatic N) is 2. The topological polar surface area (TPSA) is 115 Å². The lowest BCUT2D eigenvalue weighted by Crippen LogP contribution is -2.29. The summed E-state index contributed by atoms with van der Waals surface area (Å²) in [4.78, 5) is 24.5. The molecule has 0 fully saturated rings. The van der Waals surface area contributed by atoms with Crippen LogP contribution in [-0.2, 0) is 4.74 Å². The number of amides is 1. The highest BCUT2D eigenvalue weighted by molar-refractivity contribution is 6.34. The normalized spacial score (nSPS) is 12.0. The van der Waals surface area contributed by atoms with Crippen LogP contribution in [0.3, 0.4) is 0 Å². The zero-order valence-electron chi connectivity index (χ0n) is 19.0. The van der Waals surface area contributed by atoms with E-state index < -0.39 is 17.6 Å². The van der Waals surface area contributed by atoms with Crippen molar-refractivity contribution in [3.63, 3.8) is 0 Å². The highest BCUT2D eigenvalue weighted by Crippen LogP contribution is 2.27. The number of halogens is 3. The second-order valence-electron chi connectivity index (χ2n) is 7.71. The molecular formula is C25H21Cl2FN6O2. The third-order valence-corrected chi connectivity index (χ3v) is 5.88. The van der Waals surface area contributed by atoms with Gasteiger partial charge < -0.3 is 20.4 Å². The number of anilines is 1. The minimum Gasteiger partial charge on any atom is -0.467 e. The maximum Gasteiger partial charge on any atom is 0.309 e. The zero-order valence-corrected chi connectivity index (χ0v) is 20.5. The number of rotatable bonds is 7. The molecule has 1 atom stereocenters. The standard InChI is InChI=1S/C25H21Cl2FN6O2/c1-36-25(29)32-13-31-17-6-7-18(20(27)11-17)24(35)30-12-19(14-3-2-4-16(28)9-14)23-33-21-8-5-15(26)10-22(21)34-23/h2-11,13,19H,12H2,1H3,(H,30,35)(H,33,34)(H2,29,31,32). The molecule has 36 heavy (non-hydrogen) atoms. The summed E-state index contributed by atoms with van der Waals surface area (Å²) in [6, 6.07) is 16.0. The summed E-state index contributed by atoms with van der Waals surface area (Å²) < 4.78 is 18.7. The number of aromatic amines is 1. The largest absolute Gasteiger partial charge is 0.467 e. The first-order chi connectivity index (χ1) is 17.3. The maximum atomic E-state index is 14.0. The lowest BCUT2D eigenvalue weighted by Gasteiger charge is -2.17. The third-order valence-electron chi connectivity index (χ3n) is 5.33. The van der Waals surface area contributed by atoms with E-state index in [4.69, 9.17) is 28.6 Å². The molecule has 1 aromatic heterocycles. The van der Waals surface area contributed by atoms with Gasteiger partial charge >= 0.3 is 6.02 Å². The molecule has 0 saturated carbocycles. The predicted molar refractivity (Wildman–Crippen MR) is 140 cm³/mol. The molecule has 1 amide bonds. The van der Waals surface area contributed by atoms with Gasteiger partial charge in [0, 0.05) is 17.3 Å². The molecular weight excluding hydrogens is 506 g/mol. The summed E-state index contributed by atoms with van der Waals surface area (Å²) in [5.74, 6) is -0.687. The lowest BCUT2D eigenvalue weighted by atomic mass is 9.98. The number of imidazole rings is 1. The highest BCUT2D eigenvalue weighted by atomic mass is 35.5. The fourth-order valence-corrected chi connectivity index (χ4v) is 4.00. The van der Waals surface area contributed by atoms with Crippen molar-refractivity contribution in [2.45, 2.75) is 5.92 Å². The Balaban J connectivity index is 1.53. The lowest BCUT2D eigenvalue weighted by molar-refractivity contribution is 0.0952. The van der Waals surface area contributed by atoms with Crippen molar-refractivity contribution < 1.29 is 13.9 Å². The first-order valence-electron chi connectivity index (χ1n) is 10.7. The van der Waals surface area contributed by atoms with E-state index in [1.54, 1.807) is 48.5 Å². The summed E-state index contributed by atoms with van der Waals surface area (Å²) in [5.41, 5.74) is 2.92. The smallest absolute Gasteiger partial charge is 0.309 e. The van der Waals surface area contributed by atoms with Crippen LogP contribution in [0.5, 0.6) is 0 Å². The number of H-pyrrole nitrogens is 1. The molecule has 0 aliphatic heterocycles. The van der Waals surface area contributed by atoms with Crippen LogP contribution in [0.2, 0.25) is 10.0 Å². The SMILES string of the molecule is COC(=N)/N=C\Nc1ccc(C(=O)NCC(c2cccc(F)c2)c2nc3ccc(Cl)cc3[nH]2)c(Cl)c1. The number of fused-ring (bicyclic) bond motifs is 1. The van der Waals surface area contributed by atoms with Gasteiger partial charge in [0.1, 0.15) is 11.6 Å². The van der Waals surface area contributed by atoms with E-state index in [2.05, 4.69) is 30.3 Å². The molecule has 4 rings (SSSR count). The number of hydrogen-bond acceptors (Lipinski definition) is 4. The van der Waals surface area contributed by atoms with Crippen LogP contribution in [0.15, 0.2) is 65.7 Å². The number of carbonyl (C=O) groups is 1. The Morgan fingerprint density at radius 3 is 2.81 bits per heavy atom.